The van der Waals surface area contributed by atoms with E-state index in [1.165, 1.54) is 0 Å². The normalized spacial score (nSPS) is 12.7. The van der Waals surface area contributed by atoms with Crippen molar-refractivity contribution in [3.63, 3.8) is 0 Å². The molecule has 0 bridgehead atoms. The largest absolute Gasteiger partial charge is 0.445 e. The van der Waals surface area contributed by atoms with Crippen LogP contribution in [0.25, 0.3) is 0 Å². The van der Waals surface area contributed by atoms with Crippen LogP contribution < -0.4 is 16.0 Å². The minimum absolute atomic E-state index is 0.147. The van der Waals surface area contributed by atoms with Crippen LogP contribution in [-0.4, -0.2) is 42.3 Å². The third kappa shape index (κ3) is 10.5. The third-order valence-electron chi connectivity index (χ3n) is 4.51. The predicted octanol–water partition coefficient (Wildman–Crippen LogP) is 3.55. The molecule has 0 heterocycles. The van der Waals surface area contributed by atoms with Gasteiger partial charge in [0.2, 0.25) is 5.91 Å². The minimum atomic E-state index is -0.803. The summed E-state index contributed by atoms with van der Waals surface area (Å²) in [4.78, 5) is 36.7. The van der Waals surface area contributed by atoms with E-state index in [2.05, 4.69) is 16.0 Å². The van der Waals surface area contributed by atoms with Gasteiger partial charge in [-0.3, -0.25) is 4.79 Å². The molecule has 8 heteroatoms. The van der Waals surface area contributed by atoms with Crippen molar-refractivity contribution in [1.29, 1.82) is 0 Å². The Bertz CT molecular complexity index is 897. The summed E-state index contributed by atoms with van der Waals surface area (Å²) in [5.41, 5.74) is 1.22. The first-order chi connectivity index (χ1) is 15.6. The number of hydrogen-bond donors (Lipinski definition) is 3. The summed E-state index contributed by atoms with van der Waals surface area (Å²) in [6.45, 7) is 7.10. The van der Waals surface area contributed by atoms with Crippen molar-refractivity contribution in [3.05, 3.63) is 71.8 Å². The summed E-state index contributed by atoms with van der Waals surface area (Å²) in [5, 5.41) is 8.09. The number of amides is 3. The van der Waals surface area contributed by atoms with E-state index in [9.17, 15) is 14.4 Å². The summed E-state index contributed by atoms with van der Waals surface area (Å²) in [7, 11) is 0. The van der Waals surface area contributed by atoms with Crippen LogP contribution >= 0.6 is 0 Å². The third-order valence-corrected chi connectivity index (χ3v) is 4.51. The average molecular weight is 456 g/mol. The molecule has 0 aliphatic rings. The fourth-order valence-electron chi connectivity index (χ4n) is 2.93. The molecular formula is C25H33N3O5. The number of benzene rings is 2. The van der Waals surface area contributed by atoms with Gasteiger partial charge in [0.05, 0.1) is 6.04 Å². The van der Waals surface area contributed by atoms with Gasteiger partial charge < -0.3 is 25.4 Å². The molecule has 0 aliphatic heterocycles. The number of alkyl carbamates (subject to hydrolysis) is 2. The van der Waals surface area contributed by atoms with Crippen molar-refractivity contribution >= 4 is 18.1 Å². The van der Waals surface area contributed by atoms with Crippen LogP contribution in [0.5, 0.6) is 0 Å². The molecule has 178 valence electrons. The van der Waals surface area contributed by atoms with Crippen LogP contribution in [0.2, 0.25) is 0 Å². The Morgan fingerprint density at radius 2 is 1.42 bits per heavy atom. The van der Waals surface area contributed by atoms with Crippen LogP contribution in [0.4, 0.5) is 9.59 Å². The van der Waals surface area contributed by atoms with Crippen molar-refractivity contribution in [2.24, 2.45) is 0 Å². The molecule has 0 fully saturated rings. The maximum absolute atomic E-state index is 12.5. The average Bonchev–Trinajstić information content (AvgIpc) is 2.76. The lowest BCUT2D eigenvalue weighted by atomic mass is 10.1. The summed E-state index contributed by atoms with van der Waals surface area (Å²) >= 11 is 0. The zero-order valence-electron chi connectivity index (χ0n) is 19.6. The van der Waals surface area contributed by atoms with E-state index < -0.39 is 35.8 Å². The fourth-order valence-corrected chi connectivity index (χ4v) is 2.93. The first-order valence-corrected chi connectivity index (χ1v) is 10.9. The molecule has 0 aliphatic carbocycles. The van der Waals surface area contributed by atoms with Crippen molar-refractivity contribution in [1.82, 2.24) is 16.0 Å². The number of rotatable bonds is 9. The molecule has 0 saturated carbocycles. The lowest BCUT2D eigenvalue weighted by Gasteiger charge is -2.23. The Kier molecular flexibility index (Phi) is 9.72. The quantitative estimate of drug-likeness (QED) is 0.536. The van der Waals surface area contributed by atoms with Crippen molar-refractivity contribution in [3.8, 4) is 0 Å². The van der Waals surface area contributed by atoms with Gasteiger partial charge in [0.25, 0.3) is 0 Å². The van der Waals surface area contributed by atoms with Gasteiger partial charge in [0.15, 0.2) is 0 Å². The second kappa shape index (κ2) is 12.5. The van der Waals surface area contributed by atoms with Crippen LogP contribution in [-0.2, 0) is 27.3 Å². The Morgan fingerprint density at radius 1 is 0.848 bits per heavy atom. The number of carbonyl (C=O) groups is 3. The molecule has 0 radical (unpaired) electrons. The molecule has 3 N–H and O–H groups in total. The van der Waals surface area contributed by atoms with E-state index in [1.807, 2.05) is 60.7 Å². The van der Waals surface area contributed by atoms with E-state index in [1.54, 1.807) is 27.7 Å². The first kappa shape index (κ1) is 25.7. The summed E-state index contributed by atoms with van der Waals surface area (Å²) in [6.07, 6.45) is -0.752. The molecule has 0 spiro atoms. The van der Waals surface area contributed by atoms with Crippen LogP contribution in [0.1, 0.15) is 38.8 Å². The van der Waals surface area contributed by atoms with Crippen molar-refractivity contribution in [2.45, 2.75) is 58.4 Å². The van der Waals surface area contributed by atoms with Crippen LogP contribution in [0.15, 0.2) is 60.7 Å². The maximum Gasteiger partial charge on any atom is 0.408 e. The predicted molar refractivity (Wildman–Crippen MR) is 126 cm³/mol. The number of carbonyl (C=O) groups excluding carboxylic acids is 3. The highest BCUT2D eigenvalue weighted by Gasteiger charge is 2.22. The molecular weight excluding hydrogens is 422 g/mol. The molecule has 3 amide bonds. The Morgan fingerprint density at radius 3 is 2.00 bits per heavy atom. The summed E-state index contributed by atoms with van der Waals surface area (Å²) < 4.78 is 10.5. The maximum atomic E-state index is 12.5. The van der Waals surface area contributed by atoms with Crippen molar-refractivity contribution in [2.75, 3.05) is 6.54 Å². The molecule has 2 aromatic rings. The monoisotopic (exact) mass is 455 g/mol. The number of hydrogen-bond acceptors (Lipinski definition) is 5. The fraction of sp³-hybridized carbons (Fsp3) is 0.400. The van der Waals surface area contributed by atoms with Crippen LogP contribution in [0.3, 0.4) is 0 Å². The molecule has 0 aromatic heterocycles. The Hall–Kier alpha value is -3.55. The van der Waals surface area contributed by atoms with Gasteiger partial charge in [-0.15, -0.1) is 0 Å². The van der Waals surface area contributed by atoms with Gasteiger partial charge in [0, 0.05) is 6.54 Å². The zero-order chi connectivity index (χ0) is 24.3. The highest BCUT2D eigenvalue weighted by molar-refractivity contribution is 5.85. The van der Waals surface area contributed by atoms with Gasteiger partial charge in [-0.05, 0) is 45.2 Å². The van der Waals surface area contributed by atoms with E-state index in [-0.39, 0.29) is 13.2 Å². The van der Waals surface area contributed by atoms with Gasteiger partial charge >= 0.3 is 12.2 Å². The van der Waals surface area contributed by atoms with Gasteiger partial charge in [0.1, 0.15) is 18.2 Å². The van der Waals surface area contributed by atoms with Gasteiger partial charge in [-0.25, -0.2) is 9.59 Å². The Labute approximate surface area is 195 Å². The molecule has 2 aromatic carbocycles. The summed E-state index contributed by atoms with van der Waals surface area (Å²) in [6, 6.07) is 17.8. The lowest BCUT2D eigenvalue weighted by Crippen LogP contribution is -2.50. The molecule has 2 atom stereocenters. The van der Waals surface area contributed by atoms with Crippen LogP contribution in [0, 0.1) is 0 Å². The highest BCUT2D eigenvalue weighted by atomic mass is 16.6. The number of ether oxygens (including phenoxy) is 2. The molecule has 1 unspecified atom stereocenters. The second-order valence-electron chi connectivity index (χ2n) is 8.71. The standard InChI is InChI=1S/C25H33N3O5/c1-18(27-24(31)33-25(2,3)4)22(29)26-16-21(15-19-11-7-5-8-12-19)28-23(30)32-17-20-13-9-6-10-14-20/h5-14,18,21H,15-17H2,1-4H3,(H,26,29)(H,27,31)(H,28,30)/t18?,21-/m1/s1. The molecule has 2 rings (SSSR count). The van der Waals surface area contributed by atoms with E-state index in [0.29, 0.717) is 6.42 Å². The molecule has 8 nitrogen and oxygen atoms in total. The second-order valence-corrected chi connectivity index (χ2v) is 8.71. The van der Waals surface area contributed by atoms with Crippen molar-refractivity contribution < 1.29 is 23.9 Å². The highest BCUT2D eigenvalue weighted by Crippen LogP contribution is 2.07. The summed E-state index contributed by atoms with van der Waals surface area (Å²) in [5.74, 6) is -0.390. The topological polar surface area (TPSA) is 106 Å². The molecule has 0 saturated heterocycles. The van der Waals surface area contributed by atoms with Gasteiger partial charge in [-0.1, -0.05) is 60.7 Å². The van der Waals surface area contributed by atoms with E-state index in [4.69, 9.17) is 9.47 Å². The van der Waals surface area contributed by atoms with E-state index >= 15 is 0 Å². The van der Waals surface area contributed by atoms with E-state index in [0.717, 1.165) is 11.1 Å². The SMILES string of the molecule is CC(NC(=O)OC(C)(C)C)C(=O)NC[C@@H](Cc1ccccc1)NC(=O)OCc1ccccc1. The Balaban J connectivity index is 1.90. The van der Waals surface area contributed by atoms with Gasteiger partial charge in [-0.2, -0.15) is 0 Å². The minimum Gasteiger partial charge on any atom is -0.445 e. The smallest absolute Gasteiger partial charge is 0.408 e. The number of nitrogens with one attached hydrogen (secondary N) is 3. The lowest BCUT2D eigenvalue weighted by molar-refractivity contribution is -0.122. The zero-order valence-corrected chi connectivity index (χ0v) is 19.6. The molecule has 33 heavy (non-hydrogen) atoms. The first-order valence-electron chi connectivity index (χ1n) is 10.9.